The number of primary amides is 1. The first-order valence-corrected chi connectivity index (χ1v) is 6.21. The van der Waals surface area contributed by atoms with Crippen molar-refractivity contribution >= 4 is 22.9 Å². The van der Waals surface area contributed by atoms with Gasteiger partial charge in [0, 0.05) is 37.6 Å². The average Bonchev–Trinajstić information content (AvgIpc) is 2.80. The Hall–Kier alpha value is -2.50. The normalized spacial score (nSPS) is 12.1. The van der Waals surface area contributed by atoms with E-state index in [0.29, 0.717) is 0 Å². The number of nitrogens with zero attached hydrogens (tertiary/aromatic N) is 1. The van der Waals surface area contributed by atoms with Crippen molar-refractivity contribution in [1.82, 2.24) is 9.88 Å². The molecule has 3 N–H and O–H groups in total. The second kappa shape index (κ2) is 5.64. The molecule has 0 aliphatic carbocycles. The number of benzene rings is 1. The largest absolute Gasteiger partial charge is 0.436 e. The van der Waals surface area contributed by atoms with Gasteiger partial charge in [0.15, 0.2) is 6.10 Å². The molecule has 1 aromatic carbocycles. The van der Waals surface area contributed by atoms with Crippen molar-refractivity contribution in [2.45, 2.75) is 12.5 Å². The third-order valence-corrected chi connectivity index (χ3v) is 3.05. The van der Waals surface area contributed by atoms with E-state index in [4.69, 9.17) is 10.5 Å². The number of carbonyl (C=O) groups is 2. The molecule has 0 fully saturated rings. The number of fused-ring (bicyclic) bond motifs is 1. The van der Waals surface area contributed by atoms with Gasteiger partial charge in [0.1, 0.15) is 0 Å². The van der Waals surface area contributed by atoms with E-state index in [9.17, 15) is 9.59 Å². The van der Waals surface area contributed by atoms with Crippen molar-refractivity contribution in [3.8, 4) is 0 Å². The van der Waals surface area contributed by atoms with Crippen molar-refractivity contribution in [2.24, 2.45) is 5.73 Å². The standard InChI is InChI=1S/C14H17N3O3/c1-17(2)13(18)12(20-14(15)19)7-9-8-16-11-6-4-3-5-10(9)11/h3-6,8,12,16H,7H2,1-2H3,(H2,15,19). The molecule has 0 saturated heterocycles. The fraction of sp³-hybridized carbons (Fsp3) is 0.286. The topological polar surface area (TPSA) is 88.4 Å². The predicted molar refractivity (Wildman–Crippen MR) is 75.2 cm³/mol. The summed E-state index contributed by atoms with van der Waals surface area (Å²) in [6.45, 7) is 0. The first-order chi connectivity index (χ1) is 9.49. The lowest BCUT2D eigenvalue weighted by atomic mass is 10.1. The second-order valence-electron chi connectivity index (χ2n) is 4.72. The molecule has 20 heavy (non-hydrogen) atoms. The summed E-state index contributed by atoms with van der Waals surface area (Å²) in [5.74, 6) is -0.297. The first kappa shape index (κ1) is 13.9. The van der Waals surface area contributed by atoms with E-state index in [1.165, 1.54) is 4.90 Å². The van der Waals surface area contributed by atoms with Gasteiger partial charge in [-0.3, -0.25) is 4.79 Å². The second-order valence-corrected chi connectivity index (χ2v) is 4.72. The van der Waals surface area contributed by atoms with E-state index in [1.807, 2.05) is 30.5 Å². The van der Waals surface area contributed by atoms with Gasteiger partial charge in [0.05, 0.1) is 0 Å². The summed E-state index contributed by atoms with van der Waals surface area (Å²) in [5, 5.41) is 0.997. The minimum absolute atomic E-state index is 0.282. The maximum absolute atomic E-state index is 12.0. The Bertz CT molecular complexity index is 633. The van der Waals surface area contributed by atoms with Crippen LogP contribution in [0.5, 0.6) is 0 Å². The van der Waals surface area contributed by atoms with Gasteiger partial charge in [-0.1, -0.05) is 18.2 Å². The molecule has 1 aromatic heterocycles. The van der Waals surface area contributed by atoms with Gasteiger partial charge < -0.3 is 20.4 Å². The van der Waals surface area contributed by atoms with E-state index in [0.717, 1.165) is 16.5 Å². The van der Waals surface area contributed by atoms with Crippen LogP contribution in [0, 0.1) is 0 Å². The van der Waals surface area contributed by atoms with E-state index in [2.05, 4.69) is 4.98 Å². The molecule has 0 aliphatic rings. The Morgan fingerprint density at radius 3 is 2.70 bits per heavy atom. The zero-order valence-corrected chi connectivity index (χ0v) is 11.4. The molecule has 2 amide bonds. The number of nitrogens with two attached hydrogens (primary N) is 1. The zero-order valence-electron chi connectivity index (χ0n) is 11.4. The Kier molecular flexibility index (Phi) is 3.93. The highest BCUT2D eigenvalue weighted by atomic mass is 16.6. The van der Waals surface area contributed by atoms with Crippen LogP contribution in [0.15, 0.2) is 30.5 Å². The van der Waals surface area contributed by atoms with Crippen LogP contribution in [-0.2, 0) is 16.0 Å². The summed E-state index contributed by atoms with van der Waals surface area (Å²) in [4.78, 5) is 27.5. The zero-order chi connectivity index (χ0) is 14.7. The molecule has 2 rings (SSSR count). The van der Waals surface area contributed by atoms with Crippen LogP contribution in [0.3, 0.4) is 0 Å². The van der Waals surface area contributed by atoms with Gasteiger partial charge in [0.25, 0.3) is 5.91 Å². The number of hydrogen-bond acceptors (Lipinski definition) is 3. The summed E-state index contributed by atoms with van der Waals surface area (Å²) in [6, 6.07) is 7.72. The van der Waals surface area contributed by atoms with Gasteiger partial charge in [-0.15, -0.1) is 0 Å². The summed E-state index contributed by atoms with van der Waals surface area (Å²) in [7, 11) is 3.21. The number of hydrogen-bond donors (Lipinski definition) is 2. The summed E-state index contributed by atoms with van der Waals surface area (Å²) < 4.78 is 4.93. The van der Waals surface area contributed by atoms with Gasteiger partial charge in [0.2, 0.25) is 0 Å². The van der Waals surface area contributed by atoms with Crippen molar-refractivity contribution in [1.29, 1.82) is 0 Å². The lowest BCUT2D eigenvalue weighted by Gasteiger charge is -2.19. The van der Waals surface area contributed by atoms with Crippen molar-refractivity contribution in [2.75, 3.05) is 14.1 Å². The number of likely N-dealkylation sites (N-methyl/N-ethyl adjacent to an activating group) is 1. The number of aromatic nitrogens is 1. The monoisotopic (exact) mass is 275 g/mol. The van der Waals surface area contributed by atoms with Crippen LogP contribution < -0.4 is 5.73 Å². The van der Waals surface area contributed by atoms with Crippen molar-refractivity contribution in [3.05, 3.63) is 36.0 Å². The molecule has 0 aliphatic heterocycles. The third-order valence-electron chi connectivity index (χ3n) is 3.05. The highest BCUT2D eigenvalue weighted by Gasteiger charge is 2.25. The first-order valence-electron chi connectivity index (χ1n) is 6.21. The Balaban J connectivity index is 2.27. The molecule has 1 unspecified atom stereocenters. The fourth-order valence-corrected chi connectivity index (χ4v) is 2.11. The minimum Gasteiger partial charge on any atom is -0.436 e. The molecule has 106 valence electrons. The van der Waals surface area contributed by atoms with E-state index < -0.39 is 12.2 Å². The van der Waals surface area contributed by atoms with Crippen LogP contribution in [0.4, 0.5) is 4.79 Å². The maximum atomic E-state index is 12.0. The van der Waals surface area contributed by atoms with Crippen LogP contribution in [0.2, 0.25) is 0 Å². The molecule has 1 atom stereocenters. The molecule has 6 nitrogen and oxygen atoms in total. The number of para-hydroxylation sites is 1. The SMILES string of the molecule is CN(C)C(=O)C(Cc1c[nH]c2ccccc12)OC(N)=O. The number of ether oxygens (including phenoxy) is 1. The molecule has 6 heteroatoms. The number of H-pyrrole nitrogens is 1. The number of amides is 2. The van der Waals surface area contributed by atoms with E-state index in [-0.39, 0.29) is 12.3 Å². The fourth-order valence-electron chi connectivity index (χ4n) is 2.11. The van der Waals surface area contributed by atoms with E-state index in [1.54, 1.807) is 14.1 Å². The van der Waals surface area contributed by atoms with Crippen LogP contribution in [0.1, 0.15) is 5.56 Å². The number of aromatic amines is 1. The van der Waals surface area contributed by atoms with Gasteiger partial charge in [-0.2, -0.15) is 0 Å². The number of carbonyl (C=O) groups excluding carboxylic acids is 2. The molecule has 0 radical (unpaired) electrons. The van der Waals surface area contributed by atoms with Gasteiger partial charge in [-0.25, -0.2) is 4.79 Å². The van der Waals surface area contributed by atoms with Crippen LogP contribution in [0.25, 0.3) is 10.9 Å². The molecule has 1 heterocycles. The van der Waals surface area contributed by atoms with Gasteiger partial charge >= 0.3 is 6.09 Å². The minimum atomic E-state index is -0.954. The summed E-state index contributed by atoms with van der Waals surface area (Å²) in [6.07, 6.45) is 0.223. The molecule has 2 aromatic rings. The Morgan fingerprint density at radius 2 is 2.05 bits per heavy atom. The quantitative estimate of drug-likeness (QED) is 0.880. The molecule has 0 saturated carbocycles. The molecule has 0 bridgehead atoms. The summed E-state index contributed by atoms with van der Waals surface area (Å²) in [5.41, 5.74) is 6.91. The molecule has 0 spiro atoms. The highest BCUT2D eigenvalue weighted by molar-refractivity contribution is 5.86. The lowest BCUT2D eigenvalue weighted by Crippen LogP contribution is -2.39. The highest BCUT2D eigenvalue weighted by Crippen LogP contribution is 2.20. The molecular formula is C14H17N3O3. The lowest BCUT2D eigenvalue weighted by molar-refractivity contribution is -0.137. The third kappa shape index (κ3) is 2.90. The Morgan fingerprint density at radius 1 is 1.35 bits per heavy atom. The van der Waals surface area contributed by atoms with Crippen molar-refractivity contribution < 1.29 is 14.3 Å². The van der Waals surface area contributed by atoms with Crippen molar-refractivity contribution in [3.63, 3.8) is 0 Å². The van der Waals surface area contributed by atoms with E-state index >= 15 is 0 Å². The van der Waals surface area contributed by atoms with Crippen LogP contribution in [-0.4, -0.2) is 42.1 Å². The average molecular weight is 275 g/mol. The Labute approximate surface area is 116 Å². The summed E-state index contributed by atoms with van der Waals surface area (Å²) >= 11 is 0. The van der Waals surface area contributed by atoms with Crippen LogP contribution >= 0.6 is 0 Å². The maximum Gasteiger partial charge on any atom is 0.405 e. The number of nitrogens with one attached hydrogen (secondary N) is 1. The smallest absolute Gasteiger partial charge is 0.405 e. The molecular weight excluding hydrogens is 258 g/mol. The predicted octanol–water partition coefficient (Wildman–Crippen LogP) is 1.26. The number of rotatable bonds is 4. The van der Waals surface area contributed by atoms with Gasteiger partial charge in [-0.05, 0) is 11.6 Å².